The first-order valence-corrected chi connectivity index (χ1v) is 31.8. The van der Waals surface area contributed by atoms with Gasteiger partial charge in [-0.1, -0.05) is 51.1 Å². The number of aryl methyl sites for hydroxylation is 3. The lowest BCUT2D eigenvalue weighted by molar-refractivity contribution is -0.146. The Balaban J connectivity index is 0.882. The maximum absolute atomic E-state index is 16.4. The smallest absolute Gasteiger partial charge is 0.396 e. The zero-order valence-corrected chi connectivity index (χ0v) is 51.9. The number of aliphatic hydroxyl groups is 1. The van der Waals surface area contributed by atoms with E-state index in [4.69, 9.17) is 4.74 Å². The Morgan fingerprint density at radius 2 is 1.64 bits per heavy atom. The molecule has 6 amide bonds. The second-order valence-electron chi connectivity index (χ2n) is 24.3. The molecule has 0 spiro atoms. The number of carbonyl (C=O) groups excluding carboxylic acids is 8. The van der Waals surface area contributed by atoms with E-state index in [1.54, 1.807) is 18.5 Å². The van der Waals surface area contributed by atoms with E-state index in [2.05, 4.69) is 25.9 Å². The molecular formula is C62H76FN8O15PS. The monoisotopic (exact) mass is 1250 g/mol. The minimum atomic E-state index is -5.11. The molecule has 8 N–H and O–H groups in total. The van der Waals surface area contributed by atoms with Crippen LogP contribution in [0.4, 0.5) is 4.39 Å². The molecule has 3 aromatic carbocycles. The number of halogens is 1. The second kappa shape index (κ2) is 27.8. The molecule has 2 aromatic heterocycles. The van der Waals surface area contributed by atoms with Gasteiger partial charge in [0, 0.05) is 80.7 Å². The van der Waals surface area contributed by atoms with Crippen LogP contribution in [0.3, 0.4) is 0 Å². The molecule has 3 aliphatic heterocycles. The molecule has 5 heterocycles. The number of aliphatic hydroxyl groups excluding tert-OH is 1. The lowest BCUT2D eigenvalue weighted by Gasteiger charge is -2.38. The minimum Gasteiger partial charge on any atom is -0.488 e. The lowest BCUT2D eigenvalue weighted by atomic mass is 9.76. The van der Waals surface area contributed by atoms with Crippen LogP contribution >= 0.6 is 18.9 Å². The fraction of sp³-hybridized carbons (Fsp3) is 0.484. The number of fused-ring (bicyclic) bond motifs is 2. The average molecular weight is 1260 g/mol. The van der Waals surface area contributed by atoms with Gasteiger partial charge in [0.05, 0.1) is 34.3 Å². The first-order valence-electron chi connectivity index (χ1n) is 29.3. The summed E-state index contributed by atoms with van der Waals surface area (Å²) < 4.78 is 34.0. The van der Waals surface area contributed by atoms with E-state index in [0.717, 1.165) is 21.7 Å². The third-order valence-corrected chi connectivity index (χ3v) is 18.5. The highest BCUT2D eigenvalue weighted by atomic mass is 32.1. The molecule has 8 rings (SSSR count). The standard InChI is InChI=1S/C62H76FN8O15PS/c1-33-23-39(9-8-10-44(73)27-46(62(5,6)7)59(80)70-29-45(74)28-51(70)58(79)65-34(2)37-11-13-38(14-12-37)55-35(3)64-32-88-55)54(63)52(24-33)86-31-42(16-20-53(75)76)66-57(78)50-19-17-43-21-22-69(36(4)72)30-49(60(81)71(43)50)68-56(77)48-26-41-25-40(15-18-47(41)67-48)61(82)87(83,84)85/h11-15,18,23-26,32,34,42-43,45-46,49-51,67,74H,8-10,16-17,19-22,27-31H2,1-7H3,(H,65,79)(H,66,78)(H,68,77)(H,75,76)(H2,83,84,85)/t34-,42-,43+,45+,46+,49-,50-,51-/m0/s1. The molecule has 0 saturated carbocycles. The third kappa shape index (κ3) is 15.9. The van der Waals surface area contributed by atoms with E-state index < -0.39 is 115 Å². The normalized spacial score (nSPS) is 19.9. The number of ketones is 1. The summed E-state index contributed by atoms with van der Waals surface area (Å²) in [4.78, 5) is 153. The number of hydrogen-bond acceptors (Lipinski definition) is 14. The topological polar surface area (TPSA) is 335 Å². The molecule has 3 fully saturated rings. The Morgan fingerprint density at radius 3 is 2.30 bits per heavy atom. The number of benzene rings is 3. The molecule has 0 radical (unpaired) electrons. The van der Waals surface area contributed by atoms with Crippen LogP contribution in [-0.2, 0) is 44.5 Å². The molecule has 472 valence electrons. The van der Waals surface area contributed by atoms with Gasteiger partial charge in [-0.3, -0.25) is 47.7 Å². The highest BCUT2D eigenvalue weighted by Crippen LogP contribution is 2.40. The van der Waals surface area contributed by atoms with Crippen LogP contribution in [-0.4, -0.2) is 160 Å². The molecule has 5 aromatic rings. The van der Waals surface area contributed by atoms with Crippen molar-refractivity contribution in [2.45, 2.75) is 155 Å². The fourth-order valence-corrected chi connectivity index (χ4v) is 13.2. The van der Waals surface area contributed by atoms with Crippen LogP contribution in [0.2, 0.25) is 0 Å². The summed E-state index contributed by atoms with van der Waals surface area (Å²) in [6.07, 6.45) is -0.530. The molecule has 0 bridgehead atoms. The number of rotatable bonds is 23. The number of carboxylic acid groups (broad SMARTS) is 1. The first kappa shape index (κ1) is 66.3. The van der Waals surface area contributed by atoms with Gasteiger partial charge in [0.1, 0.15) is 36.2 Å². The molecule has 0 unspecified atom stereocenters. The lowest BCUT2D eigenvalue weighted by Crippen LogP contribution is -2.61. The Morgan fingerprint density at radius 1 is 0.920 bits per heavy atom. The van der Waals surface area contributed by atoms with Crippen molar-refractivity contribution in [1.29, 1.82) is 0 Å². The van der Waals surface area contributed by atoms with Crippen LogP contribution in [0.1, 0.15) is 142 Å². The molecule has 23 nitrogen and oxygen atoms in total. The number of aliphatic carboxylic acids is 1. The summed E-state index contributed by atoms with van der Waals surface area (Å²) in [6.45, 7) is 11.8. The van der Waals surface area contributed by atoms with Crippen LogP contribution in [0.5, 0.6) is 5.75 Å². The van der Waals surface area contributed by atoms with E-state index in [9.17, 15) is 67.7 Å². The highest BCUT2D eigenvalue weighted by molar-refractivity contribution is 7.70. The number of H-pyrrole nitrogens is 1. The summed E-state index contributed by atoms with van der Waals surface area (Å²) in [5.74, 6) is -6.54. The number of likely N-dealkylation sites (tertiary alicyclic amines) is 1. The quantitative estimate of drug-likeness (QED) is 0.0333. The Kier molecular flexibility index (Phi) is 20.9. The van der Waals surface area contributed by atoms with E-state index >= 15 is 4.39 Å². The number of ether oxygens (including phenoxy) is 1. The van der Waals surface area contributed by atoms with Crippen molar-refractivity contribution in [3.8, 4) is 16.2 Å². The first-order chi connectivity index (χ1) is 41.5. The second-order valence-corrected chi connectivity index (χ2v) is 26.7. The maximum atomic E-state index is 16.4. The van der Waals surface area contributed by atoms with Crippen molar-refractivity contribution in [2.24, 2.45) is 11.3 Å². The molecular weight excluding hydrogens is 1180 g/mol. The predicted molar refractivity (Wildman–Crippen MR) is 322 cm³/mol. The number of amides is 6. The van der Waals surface area contributed by atoms with E-state index in [1.165, 1.54) is 63.3 Å². The van der Waals surface area contributed by atoms with Crippen molar-refractivity contribution >= 4 is 82.6 Å². The summed E-state index contributed by atoms with van der Waals surface area (Å²) >= 11 is 1.54. The van der Waals surface area contributed by atoms with Gasteiger partial charge in [-0.15, -0.1) is 11.3 Å². The van der Waals surface area contributed by atoms with E-state index in [1.807, 2.05) is 58.9 Å². The average Bonchev–Trinajstić information content (AvgIpc) is 1.89. The number of Topliss-reactive ketones (excluding diaryl/α,β-unsaturated/α-hetero) is 1. The molecule has 26 heteroatoms. The summed E-state index contributed by atoms with van der Waals surface area (Å²) in [6, 6.07) is 10.5. The summed E-state index contributed by atoms with van der Waals surface area (Å²) in [7, 11) is -5.11. The number of nitrogens with one attached hydrogen (secondary N) is 4. The Bertz CT molecular complexity index is 3540. The van der Waals surface area contributed by atoms with Crippen LogP contribution in [0.15, 0.2) is 66.2 Å². The van der Waals surface area contributed by atoms with Crippen molar-refractivity contribution in [3.63, 3.8) is 0 Å². The number of aromatic nitrogens is 2. The number of carboxylic acids is 1. The van der Waals surface area contributed by atoms with Crippen LogP contribution in [0.25, 0.3) is 21.3 Å². The molecule has 3 aliphatic rings. The van der Waals surface area contributed by atoms with Gasteiger partial charge in [-0.05, 0) is 117 Å². The minimum absolute atomic E-state index is 0.0115. The van der Waals surface area contributed by atoms with Crippen molar-refractivity contribution in [3.05, 3.63) is 106 Å². The van der Waals surface area contributed by atoms with E-state index in [0.29, 0.717) is 23.9 Å². The number of nitrogens with zero attached hydrogens (tertiary/aromatic N) is 4. The highest BCUT2D eigenvalue weighted by Gasteiger charge is 2.47. The van der Waals surface area contributed by atoms with Crippen molar-refractivity contribution in [2.75, 3.05) is 26.2 Å². The summed E-state index contributed by atoms with van der Waals surface area (Å²) in [5.41, 5.74) is 3.22. The maximum Gasteiger partial charge on any atom is 0.396 e. The van der Waals surface area contributed by atoms with Crippen molar-refractivity contribution in [1.82, 2.24) is 40.6 Å². The number of carbonyl (C=O) groups is 9. The number of thiazole rings is 1. The van der Waals surface area contributed by atoms with Gasteiger partial charge >= 0.3 is 13.6 Å². The van der Waals surface area contributed by atoms with Gasteiger partial charge in [-0.2, -0.15) is 0 Å². The summed E-state index contributed by atoms with van der Waals surface area (Å²) in [5, 5.41) is 29.2. The van der Waals surface area contributed by atoms with Gasteiger partial charge in [0.2, 0.25) is 29.5 Å². The van der Waals surface area contributed by atoms with Crippen LogP contribution < -0.4 is 20.7 Å². The third-order valence-electron chi connectivity index (χ3n) is 16.7. The zero-order valence-electron chi connectivity index (χ0n) is 50.2. The largest absolute Gasteiger partial charge is 0.488 e. The van der Waals surface area contributed by atoms with Crippen LogP contribution in [0, 0.1) is 31.0 Å². The molecule has 88 heavy (non-hydrogen) atoms. The Hall–Kier alpha value is -7.70. The van der Waals surface area contributed by atoms with E-state index in [-0.39, 0.29) is 111 Å². The molecule has 0 aliphatic carbocycles. The van der Waals surface area contributed by atoms with Crippen molar-refractivity contribution < 1.29 is 76.8 Å². The molecule has 8 atom stereocenters. The number of hydrogen-bond donors (Lipinski definition) is 8. The number of β-amino-alcohol motifs (C(OH)–C–C–N with tert-alkyl or cyclic N) is 1. The SMILES string of the molecule is CC(=O)N1CC[C@H]2CC[C@@H](C(=O)N[C@@H](CCC(=O)O)COc3cc(C)cc(CCCC(=O)C[C@H](C(=O)N4C[C@H](O)C[C@H]4C(=O)N[C@@H](C)c4ccc(-c5scnc5C)cc4)C(C)(C)C)c3F)N2C(=O)[C@@H](NC(=O)c2cc3cc(C(=O)P(=O)(O)O)ccc3[nH]2)C1. The van der Waals surface area contributed by atoms with Gasteiger partial charge in [0.15, 0.2) is 11.6 Å². The van der Waals surface area contributed by atoms with Gasteiger partial charge < -0.3 is 60.4 Å². The predicted octanol–water partition coefficient (Wildman–Crippen LogP) is 6.29. The zero-order chi connectivity index (χ0) is 64.1. The van der Waals surface area contributed by atoms with Gasteiger partial charge in [-0.25, -0.2) is 9.37 Å². The number of aromatic amines is 1. The fourth-order valence-electron chi connectivity index (χ4n) is 11.9. The molecule has 3 saturated heterocycles. The van der Waals surface area contributed by atoms with Gasteiger partial charge in [0.25, 0.3) is 11.4 Å². The Labute approximate surface area is 512 Å².